The Labute approximate surface area is 146 Å². The summed E-state index contributed by atoms with van der Waals surface area (Å²) in [5.74, 6) is 4.30. The fourth-order valence-electron chi connectivity index (χ4n) is 4.02. The van der Waals surface area contributed by atoms with E-state index in [-0.39, 0.29) is 5.91 Å². The lowest BCUT2D eigenvalue weighted by Gasteiger charge is -2.16. The van der Waals surface area contributed by atoms with Crippen LogP contribution in [0.15, 0.2) is 12.7 Å². The van der Waals surface area contributed by atoms with E-state index in [1.54, 1.807) is 11.0 Å². The van der Waals surface area contributed by atoms with Gasteiger partial charge in [0, 0.05) is 31.3 Å². The molecule has 1 saturated heterocycles. The maximum Gasteiger partial charge on any atom is 0.224 e. The van der Waals surface area contributed by atoms with Crippen LogP contribution in [0, 0.1) is 11.8 Å². The molecule has 1 N–H and O–H groups in total. The molecule has 8 heteroatoms. The average Bonchev–Trinajstić information content (AvgIpc) is 3.49. The van der Waals surface area contributed by atoms with Crippen molar-refractivity contribution >= 4 is 5.91 Å². The molecule has 8 nitrogen and oxygen atoms in total. The maximum atomic E-state index is 12.6. The second-order valence-electron chi connectivity index (χ2n) is 7.67. The quantitative estimate of drug-likeness (QED) is 0.855. The van der Waals surface area contributed by atoms with Crippen molar-refractivity contribution in [1.82, 2.24) is 34.8 Å². The first-order valence-electron chi connectivity index (χ1n) is 9.30. The predicted octanol–water partition coefficient (Wildman–Crippen LogP) is 1.32. The van der Waals surface area contributed by atoms with Crippen molar-refractivity contribution in [2.24, 2.45) is 11.8 Å². The van der Waals surface area contributed by atoms with Crippen molar-refractivity contribution in [3.63, 3.8) is 0 Å². The molecule has 1 aliphatic heterocycles. The van der Waals surface area contributed by atoms with E-state index in [1.807, 2.05) is 4.90 Å². The van der Waals surface area contributed by atoms with Crippen molar-refractivity contribution < 1.29 is 4.79 Å². The highest BCUT2D eigenvalue weighted by Crippen LogP contribution is 2.47. The summed E-state index contributed by atoms with van der Waals surface area (Å²) in [6.07, 6.45) is 8.61. The van der Waals surface area contributed by atoms with Gasteiger partial charge in [-0.05, 0) is 37.5 Å². The van der Waals surface area contributed by atoms with Gasteiger partial charge in [0.05, 0.1) is 6.54 Å². The van der Waals surface area contributed by atoms with Crippen LogP contribution in [0.1, 0.15) is 55.6 Å². The Bertz CT molecular complexity index is 747. The molecule has 3 fully saturated rings. The lowest BCUT2D eigenvalue weighted by atomic mass is 9.91. The Morgan fingerprint density at radius 1 is 1.24 bits per heavy atom. The first-order valence-corrected chi connectivity index (χ1v) is 9.30. The predicted molar refractivity (Wildman–Crippen MR) is 88.5 cm³/mol. The van der Waals surface area contributed by atoms with E-state index in [1.165, 1.54) is 32.0 Å². The minimum absolute atomic E-state index is 0.200. The summed E-state index contributed by atoms with van der Waals surface area (Å²) in [4.78, 5) is 23.4. The summed E-state index contributed by atoms with van der Waals surface area (Å²) in [6, 6.07) is 0. The van der Waals surface area contributed by atoms with Gasteiger partial charge in [-0.15, -0.1) is 0 Å². The van der Waals surface area contributed by atoms with Crippen LogP contribution in [-0.4, -0.2) is 53.8 Å². The maximum absolute atomic E-state index is 12.6. The molecular weight excluding hydrogens is 318 g/mol. The molecule has 1 amide bonds. The Hall–Kier alpha value is -2.25. The molecule has 2 aliphatic carbocycles. The summed E-state index contributed by atoms with van der Waals surface area (Å²) < 4.78 is 1.71. The average molecular weight is 341 g/mol. The zero-order valence-electron chi connectivity index (χ0n) is 14.2. The molecule has 0 aromatic carbocycles. The second kappa shape index (κ2) is 5.93. The molecular formula is C17H23N7O. The van der Waals surface area contributed by atoms with Crippen LogP contribution in [0.2, 0.25) is 0 Å². The fourth-order valence-corrected chi connectivity index (χ4v) is 4.02. The van der Waals surface area contributed by atoms with E-state index in [0.717, 1.165) is 30.7 Å². The number of nitrogens with one attached hydrogen (secondary N) is 1. The molecule has 2 aromatic rings. The third-order valence-electron chi connectivity index (χ3n) is 5.78. The number of rotatable bonds is 6. The lowest BCUT2D eigenvalue weighted by Crippen LogP contribution is -2.30. The van der Waals surface area contributed by atoms with E-state index in [2.05, 4.69) is 20.3 Å². The van der Waals surface area contributed by atoms with Crippen LogP contribution in [0.5, 0.6) is 0 Å². The van der Waals surface area contributed by atoms with Crippen molar-refractivity contribution in [1.29, 1.82) is 0 Å². The standard InChI is InChI=1S/C17H23N7O/c25-15(5-6-24-10-18-9-19-24)23-7-13(11-1-2-11)14(8-23)17-20-16(21-22-17)12-3-4-12/h9-14H,1-8H2,(H,20,21,22)/t13-,14+/m1/s1. The number of hydrogen-bond acceptors (Lipinski definition) is 5. The van der Waals surface area contributed by atoms with Crippen molar-refractivity contribution in [3.05, 3.63) is 24.3 Å². The Balaban J connectivity index is 1.27. The molecule has 0 bridgehead atoms. The number of H-pyrrole nitrogens is 1. The van der Waals surface area contributed by atoms with Crippen LogP contribution in [0.4, 0.5) is 0 Å². The molecule has 3 heterocycles. The lowest BCUT2D eigenvalue weighted by molar-refractivity contribution is -0.130. The van der Waals surface area contributed by atoms with Gasteiger partial charge in [0.15, 0.2) is 5.82 Å². The van der Waals surface area contributed by atoms with Gasteiger partial charge >= 0.3 is 0 Å². The number of amides is 1. The molecule has 2 aromatic heterocycles. The number of aryl methyl sites for hydroxylation is 1. The van der Waals surface area contributed by atoms with Crippen molar-refractivity contribution in [3.8, 4) is 0 Å². The van der Waals surface area contributed by atoms with E-state index in [0.29, 0.717) is 30.7 Å². The normalized spacial score (nSPS) is 26.3. The highest BCUT2D eigenvalue weighted by atomic mass is 16.2. The van der Waals surface area contributed by atoms with E-state index in [4.69, 9.17) is 4.98 Å². The van der Waals surface area contributed by atoms with Crippen molar-refractivity contribution in [2.45, 2.75) is 50.5 Å². The molecule has 0 unspecified atom stereocenters. The van der Waals surface area contributed by atoms with Crippen LogP contribution < -0.4 is 0 Å². The topological polar surface area (TPSA) is 92.6 Å². The number of aromatic nitrogens is 6. The summed E-state index contributed by atoms with van der Waals surface area (Å²) in [6.45, 7) is 2.20. The minimum Gasteiger partial charge on any atom is -0.342 e. The molecule has 0 radical (unpaired) electrons. The molecule has 2 saturated carbocycles. The van der Waals surface area contributed by atoms with Crippen molar-refractivity contribution in [2.75, 3.05) is 13.1 Å². The minimum atomic E-state index is 0.200. The van der Waals surface area contributed by atoms with Gasteiger partial charge in [-0.25, -0.2) is 9.97 Å². The van der Waals surface area contributed by atoms with Gasteiger partial charge in [0.25, 0.3) is 0 Å². The molecule has 132 valence electrons. The Morgan fingerprint density at radius 3 is 2.84 bits per heavy atom. The third kappa shape index (κ3) is 3.05. The highest BCUT2D eigenvalue weighted by Gasteiger charge is 2.45. The second-order valence-corrected chi connectivity index (χ2v) is 7.67. The van der Waals surface area contributed by atoms with E-state index in [9.17, 15) is 4.79 Å². The molecule has 25 heavy (non-hydrogen) atoms. The first-order chi connectivity index (χ1) is 12.3. The largest absolute Gasteiger partial charge is 0.342 e. The Kier molecular flexibility index (Phi) is 3.57. The third-order valence-corrected chi connectivity index (χ3v) is 5.78. The SMILES string of the molecule is O=C(CCn1cncn1)N1C[C@H](c2nc(C3CC3)n[nH]2)[C@@H](C2CC2)C1. The molecule has 3 aliphatic rings. The zero-order chi connectivity index (χ0) is 16.8. The first kappa shape index (κ1) is 15.0. The number of nitrogens with zero attached hydrogens (tertiary/aromatic N) is 6. The molecule has 0 spiro atoms. The number of likely N-dealkylation sites (tertiary alicyclic amines) is 1. The summed E-state index contributed by atoms with van der Waals surface area (Å²) in [5.41, 5.74) is 0. The number of aromatic amines is 1. The summed E-state index contributed by atoms with van der Waals surface area (Å²) in [7, 11) is 0. The number of carbonyl (C=O) groups excluding carboxylic acids is 1. The van der Waals surface area contributed by atoms with E-state index >= 15 is 0 Å². The zero-order valence-corrected chi connectivity index (χ0v) is 14.2. The van der Waals surface area contributed by atoms with Gasteiger partial charge < -0.3 is 4.90 Å². The van der Waals surface area contributed by atoms with Crippen LogP contribution in [0.3, 0.4) is 0 Å². The van der Waals surface area contributed by atoms with Crippen LogP contribution in [0.25, 0.3) is 0 Å². The smallest absolute Gasteiger partial charge is 0.224 e. The Morgan fingerprint density at radius 2 is 2.12 bits per heavy atom. The van der Waals surface area contributed by atoms with E-state index < -0.39 is 0 Å². The molecule has 5 rings (SSSR count). The number of hydrogen-bond donors (Lipinski definition) is 1. The molecule has 2 atom stereocenters. The fraction of sp³-hybridized carbons (Fsp3) is 0.706. The van der Waals surface area contributed by atoms with Gasteiger partial charge in [-0.2, -0.15) is 10.2 Å². The number of carbonyl (C=O) groups is 1. The summed E-state index contributed by atoms with van der Waals surface area (Å²) in [5, 5.41) is 11.7. The van der Waals surface area contributed by atoms with Crippen LogP contribution >= 0.6 is 0 Å². The van der Waals surface area contributed by atoms with Gasteiger partial charge in [0.1, 0.15) is 18.5 Å². The van der Waals surface area contributed by atoms with Gasteiger partial charge in [-0.3, -0.25) is 14.6 Å². The monoisotopic (exact) mass is 341 g/mol. The summed E-state index contributed by atoms with van der Waals surface area (Å²) >= 11 is 0. The van der Waals surface area contributed by atoms with Crippen LogP contribution in [-0.2, 0) is 11.3 Å². The van der Waals surface area contributed by atoms with Gasteiger partial charge in [-0.1, -0.05) is 0 Å². The van der Waals surface area contributed by atoms with Gasteiger partial charge in [0.2, 0.25) is 5.91 Å². The highest BCUT2D eigenvalue weighted by molar-refractivity contribution is 5.76.